The molecule has 0 saturated carbocycles. The fourth-order valence-corrected chi connectivity index (χ4v) is 2.22. The maximum atomic E-state index is 11.3. The third-order valence-corrected chi connectivity index (χ3v) is 3.31. The molecule has 0 fully saturated rings. The Hall–Kier alpha value is -2.38. The van der Waals surface area contributed by atoms with E-state index >= 15 is 0 Å². The lowest BCUT2D eigenvalue weighted by atomic mass is 10.2. The van der Waals surface area contributed by atoms with Crippen molar-refractivity contribution >= 4 is 51.3 Å². The van der Waals surface area contributed by atoms with Crippen LogP contribution in [-0.4, -0.2) is 15.2 Å². The number of anilines is 2. The van der Waals surface area contributed by atoms with E-state index in [1.807, 2.05) is 0 Å². The molecule has 1 aromatic heterocycles. The van der Waals surface area contributed by atoms with E-state index in [-0.39, 0.29) is 27.4 Å². The van der Waals surface area contributed by atoms with E-state index in [2.05, 4.69) is 20.3 Å². The van der Waals surface area contributed by atoms with E-state index in [0.717, 1.165) is 0 Å². The average Bonchev–Trinajstić information content (AvgIpc) is 2.90. The summed E-state index contributed by atoms with van der Waals surface area (Å²) in [6.07, 6.45) is 0. The molecule has 0 unspecified atom stereocenters. The van der Waals surface area contributed by atoms with Gasteiger partial charge in [0.2, 0.25) is 5.52 Å². The summed E-state index contributed by atoms with van der Waals surface area (Å²) in [5, 5.41) is 22.0. The van der Waals surface area contributed by atoms with Gasteiger partial charge in [0.05, 0.1) is 9.95 Å². The van der Waals surface area contributed by atoms with Crippen LogP contribution in [0.5, 0.6) is 0 Å². The van der Waals surface area contributed by atoms with Crippen molar-refractivity contribution in [3.63, 3.8) is 0 Å². The molecule has 0 atom stereocenters. The van der Waals surface area contributed by atoms with Crippen LogP contribution in [-0.2, 0) is 0 Å². The van der Waals surface area contributed by atoms with Gasteiger partial charge in [0.15, 0.2) is 5.52 Å². The monoisotopic (exact) mass is 324 g/mol. The predicted octanol–water partition coefficient (Wildman–Crippen LogP) is 4.18. The molecule has 0 spiro atoms. The molecule has 0 aliphatic rings. The number of hydrogen-bond acceptors (Lipinski definition) is 6. The van der Waals surface area contributed by atoms with Gasteiger partial charge in [0, 0.05) is 10.7 Å². The second-order valence-corrected chi connectivity index (χ2v) is 4.95. The zero-order valence-corrected chi connectivity index (χ0v) is 11.7. The first-order valence-electron chi connectivity index (χ1n) is 5.68. The molecule has 0 aliphatic carbocycles. The average molecular weight is 325 g/mol. The number of halogens is 2. The van der Waals surface area contributed by atoms with E-state index in [1.165, 1.54) is 6.07 Å². The molecule has 3 rings (SSSR count). The van der Waals surface area contributed by atoms with E-state index in [1.54, 1.807) is 24.3 Å². The SMILES string of the molecule is O=[N+]([O-])c1c(Nc2ccc(Cl)cc2)cc(Cl)c2nonc12. The molecule has 7 nitrogen and oxygen atoms in total. The Morgan fingerprint density at radius 2 is 1.81 bits per heavy atom. The lowest BCUT2D eigenvalue weighted by molar-refractivity contribution is -0.382. The highest BCUT2D eigenvalue weighted by molar-refractivity contribution is 6.35. The van der Waals surface area contributed by atoms with E-state index in [9.17, 15) is 10.1 Å². The van der Waals surface area contributed by atoms with Gasteiger partial charge in [-0.15, -0.1) is 0 Å². The first-order valence-corrected chi connectivity index (χ1v) is 6.43. The molecule has 3 aromatic rings. The van der Waals surface area contributed by atoms with Crippen molar-refractivity contribution in [2.45, 2.75) is 0 Å². The van der Waals surface area contributed by atoms with E-state index in [4.69, 9.17) is 23.2 Å². The highest BCUT2D eigenvalue weighted by Crippen LogP contribution is 2.37. The Kier molecular flexibility index (Phi) is 3.36. The number of nitrogens with zero attached hydrogens (tertiary/aromatic N) is 3. The van der Waals surface area contributed by atoms with Crippen LogP contribution in [0.1, 0.15) is 0 Å². The van der Waals surface area contributed by atoms with Crippen LogP contribution in [0.4, 0.5) is 17.1 Å². The van der Waals surface area contributed by atoms with Crippen molar-refractivity contribution in [2.24, 2.45) is 0 Å². The normalized spacial score (nSPS) is 10.8. The Morgan fingerprint density at radius 3 is 2.48 bits per heavy atom. The van der Waals surface area contributed by atoms with Gasteiger partial charge in [0.1, 0.15) is 5.69 Å². The number of hydrogen-bond donors (Lipinski definition) is 1. The Morgan fingerprint density at radius 1 is 1.14 bits per heavy atom. The summed E-state index contributed by atoms with van der Waals surface area (Å²) in [4.78, 5) is 10.7. The summed E-state index contributed by atoms with van der Waals surface area (Å²) in [6, 6.07) is 8.10. The molecule has 2 aromatic carbocycles. The quantitative estimate of drug-likeness (QED) is 0.573. The Labute approximate surface area is 127 Å². The third kappa shape index (κ3) is 2.48. The molecule has 0 bridgehead atoms. The molecule has 1 heterocycles. The summed E-state index contributed by atoms with van der Waals surface area (Å²) in [5.41, 5.74) is 0.685. The first kappa shape index (κ1) is 13.6. The molecule has 0 radical (unpaired) electrons. The molecule has 0 aliphatic heterocycles. The van der Waals surface area contributed by atoms with Crippen molar-refractivity contribution < 1.29 is 9.55 Å². The molecule has 21 heavy (non-hydrogen) atoms. The predicted molar refractivity (Wildman–Crippen MR) is 78.2 cm³/mol. The van der Waals surface area contributed by atoms with Gasteiger partial charge in [-0.25, -0.2) is 4.63 Å². The van der Waals surface area contributed by atoms with Crippen molar-refractivity contribution in [2.75, 3.05) is 5.32 Å². The molecule has 9 heteroatoms. The van der Waals surface area contributed by atoms with Gasteiger partial charge in [0.25, 0.3) is 0 Å². The topological polar surface area (TPSA) is 94.1 Å². The van der Waals surface area contributed by atoms with Gasteiger partial charge >= 0.3 is 5.69 Å². The van der Waals surface area contributed by atoms with Crippen molar-refractivity contribution in [1.82, 2.24) is 10.3 Å². The Bertz CT molecular complexity index is 832. The van der Waals surface area contributed by atoms with Crippen LogP contribution >= 0.6 is 23.2 Å². The first-order chi connectivity index (χ1) is 10.1. The maximum absolute atomic E-state index is 11.3. The fourth-order valence-electron chi connectivity index (χ4n) is 1.86. The molecular formula is C12H6Cl2N4O3. The standard InChI is InChI=1S/C12H6Cl2N4O3/c13-6-1-3-7(4-2-6)15-9-5-8(14)10-11(17-21-16-10)12(9)18(19)20/h1-5,15H. The van der Waals surface area contributed by atoms with Crippen LogP contribution in [0.2, 0.25) is 10.0 Å². The summed E-state index contributed by atoms with van der Waals surface area (Å²) in [6.45, 7) is 0. The number of aromatic nitrogens is 2. The van der Waals surface area contributed by atoms with Crippen LogP contribution in [0.3, 0.4) is 0 Å². The summed E-state index contributed by atoms with van der Waals surface area (Å²) < 4.78 is 4.52. The van der Waals surface area contributed by atoms with Crippen LogP contribution in [0.15, 0.2) is 35.0 Å². The highest BCUT2D eigenvalue weighted by atomic mass is 35.5. The lowest BCUT2D eigenvalue weighted by Crippen LogP contribution is -1.98. The number of nitro benzene ring substituents is 1. The second-order valence-electron chi connectivity index (χ2n) is 4.10. The minimum Gasteiger partial charge on any atom is -0.350 e. The molecule has 0 saturated heterocycles. The highest BCUT2D eigenvalue weighted by Gasteiger charge is 2.25. The molecular weight excluding hydrogens is 319 g/mol. The molecule has 106 valence electrons. The largest absolute Gasteiger partial charge is 0.350 e. The summed E-state index contributed by atoms with van der Waals surface area (Å²) >= 11 is 11.8. The zero-order chi connectivity index (χ0) is 15.0. The van der Waals surface area contributed by atoms with Gasteiger partial charge in [-0.3, -0.25) is 10.1 Å². The van der Waals surface area contributed by atoms with Gasteiger partial charge in [-0.2, -0.15) is 0 Å². The third-order valence-electron chi connectivity index (χ3n) is 2.77. The van der Waals surface area contributed by atoms with Crippen LogP contribution in [0, 0.1) is 10.1 Å². The number of rotatable bonds is 3. The number of benzene rings is 2. The smallest absolute Gasteiger partial charge is 0.324 e. The summed E-state index contributed by atoms with van der Waals surface area (Å²) in [5.74, 6) is 0. The van der Waals surface area contributed by atoms with Gasteiger partial charge < -0.3 is 5.32 Å². The second kappa shape index (κ2) is 5.19. The van der Waals surface area contributed by atoms with Gasteiger partial charge in [-0.05, 0) is 40.6 Å². The maximum Gasteiger partial charge on any atom is 0.324 e. The molecule has 1 N–H and O–H groups in total. The minimum atomic E-state index is -0.568. The summed E-state index contributed by atoms with van der Waals surface area (Å²) in [7, 11) is 0. The number of nitro groups is 1. The van der Waals surface area contributed by atoms with E-state index < -0.39 is 4.92 Å². The number of fused-ring (bicyclic) bond motifs is 1. The van der Waals surface area contributed by atoms with Crippen molar-refractivity contribution in [1.29, 1.82) is 0 Å². The minimum absolute atomic E-state index is 0.0102. The molecule has 0 amide bonds. The van der Waals surface area contributed by atoms with Gasteiger partial charge in [-0.1, -0.05) is 23.2 Å². The van der Waals surface area contributed by atoms with Crippen LogP contribution < -0.4 is 5.32 Å². The fraction of sp³-hybridized carbons (Fsp3) is 0. The van der Waals surface area contributed by atoms with Crippen molar-refractivity contribution in [3.8, 4) is 0 Å². The number of nitrogens with one attached hydrogen (secondary N) is 1. The van der Waals surface area contributed by atoms with E-state index in [0.29, 0.717) is 10.7 Å². The van der Waals surface area contributed by atoms with Crippen LogP contribution in [0.25, 0.3) is 11.0 Å². The van der Waals surface area contributed by atoms with Crippen molar-refractivity contribution in [3.05, 3.63) is 50.5 Å². The Balaban J connectivity index is 2.14. The zero-order valence-electron chi connectivity index (χ0n) is 10.2. The lowest BCUT2D eigenvalue weighted by Gasteiger charge is -2.07.